The van der Waals surface area contributed by atoms with Crippen LogP contribution in [-0.4, -0.2) is 56.7 Å². The minimum atomic E-state index is -0.144. The molecule has 0 aliphatic carbocycles. The molecule has 1 saturated heterocycles. The first-order valence-electron chi connectivity index (χ1n) is 8.65. The van der Waals surface area contributed by atoms with E-state index in [1.54, 1.807) is 23.3 Å². The van der Waals surface area contributed by atoms with Crippen LogP contribution in [0.5, 0.6) is 0 Å². The van der Waals surface area contributed by atoms with Gasteiger partial charge in [-0.2, -0.15) is 5.10 Å². The second-order valence-corrected chi connectivity index (χ2v) is 7.13. The molecule has 10 nitrogen and oxygen atoms in total. The maximum absolute atomic E-state index is 12.4. The Balaban J connectivity index is 1.32. The number of carbonyl (C=O) groups excluding carboxylic acids is 2. The monoisotopic (exact) mass is 398 g/mol. The summed E-state index contributed by atoms with van der Waals surface area (Å²) in [7, 11) is 1.58. The van der Waals surface area contributed by atoms with Crippen molar-refractivity contribution in [2.45, 2.75) is 6.42 Å². The van der Waals surface area contributed by atoms with E-state index in [1.807, 2.05) is 23.2 Å². The molecule has 0 spiro atoms. The summed E-state index contributed by atoms with van der Waals surface area (Å²) in [5, 5.41) is 11.8. The van der Waals surface area contributed by atoms with E-state index in [1.165, 1.54) is 17.7 Å². The predicted octanol–water partition coefficient (Wildman–Crippen LogP) is 0.482. The molecule has 4 heterocycles. The van der Waals surface area contributed by atoms with Gasteiger partial charge in [0.1, 0.15) is 12.1 Å². The molecule has 2 N–H and O–H groups in total. The topological polar surface area (TPSA) is 118 Å². The Morgan fingerprint density at radius 3 is 2.86 bits per heavy atom. The number of rotatable bonds is 6. The van der Waals surface area contributed by atoms with Gasteiger partial charge in [-0.25, -0.2) is 19.6 Å². The number of nitrogens with zero attached hydrogens (tertiary/aromatic N) is 6. The molecule has 3 aromatic heterocycles. The smallest absolute Gasteiger partial charge is 0.232 e. The molecule has 0 atom stereocenters. The average molecular weight is 398 g/mol. The van der Waals surface area contributed by atoms with Gasteiger partial charge < -0.3 is 15.5 Å². The van der Waals surface area contributed by atoms with Crippen LogP contribution in [0.15, 0.2) is 36.2 Å². The number of aromatic nitrogens is 5. The van der Waals surface area contributed by atoms with E-state index in [2.05, 4.69) is 30.7 Å². The van der Waals surface area contributed by atoms with Gasteiger partial charge in [-0.1, -0.05) is 0 Å². The number of amides is 2. The molecule has 0 saturated carbocycles. The first-order valence-corrected chi connectivity index (χ1v) is 9.53. The number of anilines is 2. The summed E-state index contributed by atoms with van der Waals surface area (Å²) in [5.74, 6) is 1.09. The molecule has 28 heavy (non-hydrogen) atoms. The second kappa shape index (κ2) is 7.72. The molecular formula is C17H18N8O2S. The summed E-state index contributed by atoms with van der Waals surface area (Å²) >= 11 is 1.31. The fourth-order valence-corrected chi connectivity index (χ4v) is 3.49. The molecule has 0 bridgehead atoms. The van der Waals surface area contributed by atoms with Gasteiger partial charge in [-0.3, -0.25) is 9.59 Å². The highest BCUT2D eigenvalue weighted by atomic mass is 32.1. The summed E-state index contributed by atoms with van der Waals surface area (Å²) in [6, 6.07) is 3.66. The van der Waals surface area contributed by atoms with E-state index in [4.69, 9.17) is 0 Å². The van der Waals surface area contributed by atoms with Crippen LogP contribution in [0, 0.1) is 5.92 Å². The molecule has 11 heteroatoms. The first kappa shape index (κ1) is 18.0. The van der Waals surface area contributed by atoms with Gasteiger partial charge in [0.25, 0.3) is 0 Å². The fraction of sp³-hybridized carbons (Fsp3) is 0.294. The van der Waals surface area contributed by atoms with E-state index in [-0.39, 0.29) is 24.2 Å². The Kier molecular flexibility index (Phi) is 4.98. The van der Waals surface area contributed by atoms with Crippen molar-refractivity contribution in [2.75, 3.05) is 30.4 Å². The lowest BCUT2D eigenvalue weighted by atomic mass is 9.99. The first-order chi connectivity index (χ1) is 13.6. The number of carbonyl (C=O) groups is 2. The van der Waals surface area contributed by atoms with Crippen molar-refractivity contribution in [1.82, 2.24) is 30.0 Å². The molecule has 144 valence electrons. The fourth-order valence-electron chi connectivity index (χ4n) is 2.78. The molecular weight excluding hydrogens is 380 g/mol. The Hall–Kier alpha value is -3.34. The Labute approximate surface area is 164 Å². The van der Waals surface area contributed by atoms with Crippen molar-refractivity contribution in [3.05, 3.63) is 41.9 Å². The Bertz CT molecular complexity index is 981. The van der Waals surface area contributed by atoms with Gasteiger partial charge >= 0.3 is 0 Å². The van der Waals surface area contributed by atoms with E-state index >= 15 is 0 Å². The van der Waals surface area contributed by atoms with Crippen LogP contribution >= 0.6 is 11.3 Å². The van der Waals surface area contributed by atoms with Crippen molar-refractivity contribution in [2.24, 2.45) is 5.92 Å². The standard InChI is InChI=1S/C17H18N8O2S/c1-18-15(26)5-12-9-28-17(22-12)23-16(27)11-7-24(8-11)13-6-14(20-10-19-13)25-4-2-3-21-25/h2-4,6,9-11H,5,7-8H2,1H3,(H,18,26)(H,22,23,27). The van der Waals surface area contributed by atoms with Crippen LogP contribution in [0.4, 0.5) is 10.9 Å². The van der Waals surface area contributed by atoms with Crippen molar-refractivity contribution in [3.63, 3.8) is 0 Å². The molecule has 4 rings (SSSR count). The van der Waals surface area contributed by atoms with Crippen LogP contribution in [0.1, 0.15) is 5.69 Å². The number of thiazole rings is 1. The average Bonchev–Trinajstić information content (AvgIpc) is 3.33. The summed E-state index contributed by atoms with van der Waals surface area (Å²) in [5.41, 5.74) is 0.641. The molecule has 0 unspecified atom stereocenters. The number of hydrogen-bond donors (Lipinski definition) is 2. The lowest BCUT2D eigenvalue weighted by molar-refractivity contribution is -0.121. The maximum Gasteiger partial charge on any atom is 0.232 e. The van der Waals surface area contributed by atoms with Crippen LogP contribution in [-0.2, 0) is 16.0 Å². The predicted molar refractivity (Wildman–Crippen MR) is 103 cm³/mol. The van der Waals surface area contributed by atoms with E-state index in [0.717, 1.165) is 5.82 Å². The number of hydrogen-bond acceptors (Lipinski definition) is 8. The maximum atomic E-state index is 12.4. The third-order valence-electron chi connectivity index (χ3n) is 4.36. The Morgan fingerprint density at radius 1 is 1.29 bits per heavy atom. The molecule has 0 radical (unpaired) electrons. The molecule has 1 aliphatic heterocycles. The summed E-state index contributed by atoms with van der Waals surface area (Å²) in [6.07, 6.45) is 5.19. The van der Waals surface area contributed by atoms with E-state index in [9.17, 15) is 9.59 Å². The quantitative estimate of drug-likeness (QED) is 0.620. The molecule has 3 aromatic rings. The minimum absolute atomic E-state index is 0.0848. The molecule has 2 amide bonds. The third kappa shape index (κ3) is 3.83. The SMILES string of the molecule is CNC(=O)Cc1csc(NC(=O)C2CN(c3cc(-n4cccn4)ncn3)C2)n1. The highest BCUT2D eigenvalue weighted by molar-refractivity contribution is 7.13. The highest BCUT2D eigenvalue weighted by Gasteiger charge is 2.34. The van der Waals surface area contributed by atoms with Crippen molar-refractivity contribution in [3.8, 4) is 5.82 Å². The zero-order chi connectivity index (χ0) is 19.5. The molecule has 0 aromatic carbocycles. The zero-order valence-corrected chi connectivity index (χ0v) is 15.9. The van der Waals surface area contributed by atoms with Gasteiger partial charge in [0.2, 0.25) is 11.8 Å². The van der Waals surface area contributed by atoms with Gasteiger partial charge in [-0.15, -0.1) is 11.3 Å². The van der Waals surface area contributed by atoms with Gasteiger partial charge in [0.05, 0.1) is 18.0 Å². The van der Waals surface area contributed by atoms with Gasteiger partial charge in [0, 0.05) is 44.0 Å². The van der Waals surface area contributed by atoms with Crippen molar-refractivity contribution in [1.29, 1.82) is 0 Å². The van der Waals surface area contributed by atoms with Crippen LogP contribution < -0.4 is 15.5 Å². The van der Waals surface area contributed by atoms with Crippen LogP contribution in [0.3, 0.4) is 0 Å². The van der Waals surface area contributed by atoms with Crippen LogP contribution in [0.2, 0.25) is 0 Å². The largest absolute Gasteiger partial charge is 0.359 e. The summed E-state index contributed by atoms with van der Waals surface area (Å²) < 4.78 is 1.66. The zero-order valence-electron chi connectivity index (χ0n) is 15.1. The highest BCUT2D eigenvalue weighted by Crippen LogP contribution is 2.25. The minimum Gasteiger partial charge on any atom is -0.359 e. The van der Waals surface area contributed by atoms with E-state index in [0.29, 0.717) is 29.7 Å². The third-order valence-corrected chi connectivity index (χ3v) is 5.16. The number of likely N-dealkylation sites (N-methyl/N-ethyl adjacent to an activating group) is 1. The number of nitrogens with one attached hydrogen (secondary N) is 2. The molecule has 1 aliphatic rings. The second-order valence-electron chi connectivity index (χ2n) is 6.27. The Morgan fingerprint density at radius 2 is 2.11 bits per heavy atom. The normalized spacial score (nSPS) is 13.8. The summed E-state index contributed by atoms with van der Waals surface area (Å²) in [6.45, 7) is 1.13. The van der Waals surface area contributed by atoms with Crippen molar-refractivity contribution >= 4 is 34.1 Å². The van der Waals surface area contributed by atoms with Gasteiger partial charge in [0.15, 0.2) is 10.9 Å². The lowest BCUT2D eigenvalue weighted by Crippen LogP contribution is -2.52. The molecule has 1 fully saturated rings. The van der Waals surface area contributed by atoms with Crippen molar-refractivity contribution < 1.29 is 9.59 Å². The van der Waals surface area contributed by atoms with Crippen LogP contribution in [0.25, 0.3) is 5.82 Å². The summed E-state index contributed by atoms with van der Waals surface area (Å²) in [4.78, 5) is 38.6. The van der Waals surface area contributed by atoms with Gasteiger partial charge in [-0.05, 0) is 6.07 Å². The van der Waals surface area contributed by atoms with E-state index < -0.39 is 0 Å². The lowest BCUT2D eigenvalue weighted by Gasteiger charge is -2.38.